The van der Waals surface area contributed by atoms with Crippen molar-refractivity contribution in [2.45, 2.75) is 18.6 Å². The zero-order chi connectivity index (χ0) is 14.1. The van der Waals surface area contributed by atoms with E-state index >= 15 is 0 Å². The van der Waals surface area contributed by atoms with Gasteiger partial charge in [0.25, 0.3) is 0 Å². The summed E-state index contributed by atoms with van der Waals surface area (Å²) in [5.41, 5.74) is 1.64. The molecule has 2 heterocycles. The number of halogens is 2. The van der Waals surface area contributed by atoms with Gasteiger partial charge in [-0.2, -0.15) is 0 Å². The van der Waals surface area contributed by atoms with Crippen LogP contribution in [0.1, 0.15) is 18.3 Å². The van der Waals surface area contributed by atoms with Crippen molar-refractivity contribution in [1.82, 2.24) is 15.3 Å². The van der Waals surface area contributed by atoms with E-state index in [1.54, 1.807) is 25.4 Å². The molecule has 6 heteroatoms. The molecular formula is C14H15ClFN3O. The summed E-state index contributed by atoms with van der Waals surface area (Å²) in [6.07, 6.45) is 2.84. The number of H-pyrrole nitrogens is 1. The van der Waals surface area contributed by atoms with E-state index < -0.39 is 5.82 Å². The predicted molar refractivity (Wildman–Crippen MR) is 75.1 cm³/mol. The number of aromatic amines is 1. The van der Waals surface area contributed by atoms with Crippen LogP contribution in [0.3, 0.4) is 0 Å². The van der Waals surface area contributed by atoms with Crippen LogP contribution in [0.15, 0.2) is 24.4 Å². The quantitative estimate of drug-likeness (QED) is 0.915. The maximum absolute atomic E-state index is 13.2. The van der Waals surface area contributed by atoms with Crippen LogP contribution in [0.2, 0.25) is 5.02 Å². The summed E-state index contributed by atoms with van der Waals surface area (Å²) in [7, 11) is 1.71. The Balaban J connectivity index is 1.81. The van der Waals surface area contributed by atoms with Gasteiger partial charge in [-0.3, -0.25) is 0 Å². The Morgan fingerprint density at radius 1 is 1.45 bits per heavy atom. The number of nitrogens with zero attached hydrogens (tertiary/aromatic N) is 1. The van der Waals surface area contributed by atoms with Crippen LogP contribution in [0.25, 0.3) is 11.3 Å². The molecule has 20 heavy (non-hydrogen) atoms. The number of hydrogen-bond acceptors (Lipinski definition) is 3. The lowest BCUT2D eigenvalue weighted by atomic mass is 10.1. The van der Waals surface area contributed by atoms with Gasteiger partial charge in [-0.15, -0.1) is 0 Å². The Morgan fingerprint density at radius 3 is 3.00 bits per heavy atom. The second-order valence-corrected chi connectivity index (χ2v) is 5.27. The molecule has 4 nitrogen and oxygen atoms in total. The average molecular weight is 296 g/mol. The highest BCUT2D eigenvalue weighted by molar-refractivity contribution is 6.31. The SMILES string of the molecule is COC1CNC(c2ncc(-c3ccc(F)c(Cl)c3)[nH]2)C1. The van der Waals surface area contributed by atoms with Crippen molar-refractivity contribution in [3.05, 3.63) is 41.1 Å². The minimum Gasteiger partial charge on any atom is -0.380 e. The minimum atomic E-state index is -0.421. The molecule has 2 atom stereocenters. The molecule has 2 aromatic rings. The number of ether oxygens (including phenoxy) is 1. The monoisotopic (exact) mass is 295 g/mol. The van der Waals surface area contributed by atoms with Crippen molar-refractivity contribution in [3.8, 4) is 11.3 Å². The maximum atomic E-state index is 13.2. The molecule has 1 aromatic heterocycles. The Hall–Kier alpha value is -1.43. The van der Waals surface area contributed by atoms with Gasteiger partial charge in [-0.25, -0.2) is 9.37 Å². The Morgan fingerprint density at radius 2 is 2.30 bits per heavy atom. The summed E-state index contributed by atoms with van der Waals surface area (Å²) in [5, 5.41) is 3.46. The maximum Gasteiger partial charge on any atom is 0.141 e. The molecule has 0 spiro atoms. The second-order valence-electron chi connectivity index (χ2n) is 4.87. The van der Waals surface area contributed by atoms with E-state index in [1.807, 2.05) is 0 Å². The molecule has 1 fully saturated rings. The summed E-state index contributed by atoms with van der Waals surface area (Å²) < 4.78 is 18.5. The molecule has 0 bridgehead atoms. The summed E-state index contributed by atoms with van der Waals surface area (Å²) in [6.45, 7) is 0.819. The molecule has 2 N–H and O–H groups in total. The molecule has 1 aliphatic rings. The highest BCUT2D eigenvalue weighted by atomic mass is 35.5. The van der Waals surface area contributed by atoms with Crippen LogP contribution in [0.4, 0.5) is 4.39 Å². The zero-order valence-electron chi connectivity index (χ0n) is 11.0. The fraction of sp³-hybridized carbons (Fsp3) is 0.357. The molecule has 1 aliphatic heterocycles. The van der Waals surface area contributed by atoms with E-state index in [2.05, 4.69) is 15.3 Å². The first-order valence-electron chi connectivity index (χ1n) is 6.44. The smallest absolute Gasteiger partial charge is 0.141 e. The van der Waals surface area contributed by atoms with E-state index in [4.69, 9.17) is 16.3 Å². The van der Waals surface area contributed by atoms with Crippen LogP contribution < -0.4 is 5.32 Å². The van der Waals surface area contributed by atoms with Crippen LogP contribution in [0.5, 0.6) is 0 Å². The molecule has 0 amide bonds. The van der Waals surface area contributed by atoms with Crippen molar-refractivity contribution in [2.75, 3.05) is 13.7 Å². The van der Waals surface area contributed by atoms with Gasteiger partial charge in [0.05, 0.1) is 29.1 Å². The first-order valence-corrected chi connectivity index (χ1v) is 6.81. The number of methoxy groups -OCH3 is 1. The van der Waals surface area contributed by atoms with E-state index in [1.165, 1.54) is 6.07 Å². The summed E-state index contributed by atoms with van der Waals surface area (Å²) in [5.74, 6) is 0.440. The standard InChI is InChI=1S/C14H15ClFN3O/c1-20-9-5-12(17-6-9)14-18-7-13(19-14)8-2-3-11(16)10(15)4-8/h2-4,7,9,12,17H,5-6H2,1H3,(H,18,19). The Kier molecular flexibility index (Phi) is 3.74. The number of aromatic nitrogens is 2. The van der Waals surface area contributed by atoms with E-state index in [0.29, 0.717) is 0 Å². The lowest BCUT2D eigenvalue weighted by molar-refractivity contribution is 0.117. The number of nitrogens with one attached hydrogen (secondary N) is 2. The molecule has 106 valence electrons. The van der Waals surface area contributed by atoms with Crippen molar-refractivity contribution in [1.29, 1.82) is 0 Å². The van der Waals surface area contributed by atoms with E-state index in [-0.39, 0.29) is 17.2 Å². The third-order valence-corrected chi connectivity index (χ3v) is 3.87. The van der Waals surface area contributed by atoms with Gasteiger partial charge >= 0.3 is 0 Å². The highest BCUT2D eigenvalue weighted by Crippen LogP contribution is 2.27. The van der Waals surface area contributed by atoms with Crippen molar-refractivity contribution >= 4 is 11.6 Å². The van der Waals surface area contributed by atoms with Crippen molar-refractivity contribution < 1.29 is 9.13 Å². The second kappa shape index (κ2) is 5.52. The van der Waals surface area contributed by atoms with Crippen LogP contribution >= 0.6 is 11.6 Å². The lowest BCUT2D eigenvalue weighted by Crippen LogP contribution is -2.16. The predicted octanol–water partition coefficient (Wildman–Crippen LogP) is 2.92. The third kappa shape index (κ3) is 2.57. The fourth-order valence-electron chi connectivity index (χ4n) is 2.42. The highest BCUT2D eigenvalue weighted by Gasteiger charge is 2.27. The number of benzene rings is 1. The van der Waals surface area contributed by atoms with Gasteiger partial charge in [0.15, 0.2) is 0 Å². The molecule has 0 aliphatic carbocycles. The molecule has 0 saturated carbocycles. The summed E-state index contributed by atoms with van der Waals surface area (Å²) in [6, 6.07) is 4.78. The summed E-state index contributed by atoms with van der Waals surface area (Å²) in [4.78, 5) is 7.64. The molecule has 1 aromatic carbocycles. The number of imidazole rings is 1. The van der Waals surface area contributed by atoms with Crippen LogP contribution in [-0.2, 0) is 4.74 Å². The van der Waals surface area contributed by atoms with Crippen molar-refractivity contribution in [2.24, 2.45) is 0 Å². The molecular weight excluding hydrogens is 281 g/mol. The zero-order valence-corrected chi connectivity index (χ0v) is 11.7. The Labute approximate surface area is 121 Å². The molecule has 2 unspecified atom stereocenters. The molecule has 0 radical (unpaired) electrons. The topological polar surface area (TPSA) is 49.9 Å². The first kappa shape index (κ1) is 13.5. The lowest BCUT2D eigenvalue weighted by Gasteiger charge is -2.06. The van der Waals surface area contributed by atoms with Gasteiger partial charge in [0, 0.05) is 19.2 Å². The largest absolute Gasteiger partial charge is 0.380 e. The normalized spacial score (nSPS) is 22.4. The first-order chi connectivity index (χ1) is 9.67. The van der Waals surface area contributed by atoms with Crippen LogP contribution in [-0.4, -0.2) is 29.7 Å². The third-order valence-electron chi connectivity index (χ3n) is 3.58. The minimum absolute atomic E-state index is 0.108. The van der Waals surface area contributed by atoms with Gasteiger partial charge < -0.3 is 15.0 Å². The summed E-state index contributed by atoms with van der Waals surface area (Å²) >= 11 is 5.80. The fourth-order valence-corrected chi connectivity index (χ4v) is 2.60. The molecule has 3 rings (SSSR count). The van der Waals surface area contributed by atoms with Gasteiger partial charge in [0.1, 0.15) is 11.6 Å². The molecule has 1 saturated heterocycles. The van der Waals surface area contributed by atoms with Gasteiger partial charge in [0.2, 0.25) is 0 Å². The Bertz CT molecular complexity index is 616. The number of hydrogen-bond donors (Lipinski definition) is 2. The van der Waals surface area contributed by atoms with Crippen LogP contribution in [0, 0.1) is 5.82 Å². The van der Waals surface area contributed by atoms with Gasteiger partial charge in [-0.05, 0) is 24.6 Å². The van der Waals surface area contributed by atoms with Crippen molar-refractivity contribution in [3.63, 3.8) is 0 Å². The van der Waals surface area contributed by atoms with E-state index in [9.17, 15) is 4.39 Å². The van der Waals surface area contributed by atoms with E-state index in [0.717, 1.165) is 30.0 Å². The van der Waals surface area contributed by atoms with Gasteiger partial charge in [-0.1, -0.05) is 11.6 Å². The average Bonchev–Trinajstić information content (AvgIpc) is 3.09. The number of rotatable bonds is 3.